The number of aromatic hydroxyl groups is 1. The summed E-state index contributed by atoms with van der Waals surface area (Å²) < 4.78 is 16.0. The first kappa shape index (κ1) is 15.6. The molecule has 3 aromatic rings. The van der Waals surface area contributed by atoms with Gasteiger partial charge in [-0.05, 0) is 24.3 Å². The normalized spacial score (nSPS) is 10.6. The van der Waals surface area contributed by atoms with Crippen molar-refractivity contribution in [3.05, 3.63) is 62.9 Å². The fourth-order valence-electron chi connectivity index (χ4n) is 2.41. The molecule has 1 N–H and O–H groups in total. The Kier molecular flexibility index (Phi) is 3.95. The minimum absolute atomic E-state index is 0.0127. The summed E-state index contributed by atoms with van der Waals surface area (Å²) in [7, 11) is 2.94. The lowest BCUT2D eigenvalue weighted by Crippen LogP contribution is -2.06. The van der Waals surface area contributed by atoms with Crippen LogP contribution >= 0.6 is 0 Å². The van der Waals surface area contributed by atoms with Gasteiger partial charge in [-0.3, -0.25) is 9.59 Å². The van der Waals surface area contributed by atoms with E-state index in [0.717, 1.165) is 0 Å². The molecule has 0 saturated heterocycles. The van der Waals surface area contributed by atoms with Crippen LogP contribution in [0.2, 0.25) is 0 Å². The van der Waals surface area contributed by atoms with Crippen LogP contribution in [-0.2, 0) is 0 Å². The van der Waals surface area contributed by atoms with Gasteiger partial charge in [0.25, 0.3) is 0 Å². The lowest BCUT2D eigenvalue weighted by atomic mass is 10.1. The largest absolute Gasteiger partial charge is 0.502 e. The lowest BCUT2D eigenvalue weighted by Gasteiger charge is -2.11. The van der Waals surface area contributed by atoms with Gasteiger partial charge >= 0.3 is 0 Å². The van der Waals surface area contributed by atoms with E-state index in [1.807, 2.05) is 0 Å². The number of fused-ring (bicyclic) bond motifs is 1. The Morgan fingerprint density at radius 2 is 1.75 bits per heavy atom. The molecule has 1 heterocycles. The SMILES string of the molecule is COc1ccc(-c2oc3c(=O)ccccc3c(=O)c2O)c(OC)c1. The summed E-state index contributed by atoms with van der Waals surface area (Å²) in [4.78, 5) is 24.5. The number of rotatable bonds is 3. The van der Waals surface area contributed by atoms with E-state index in [4.69, 9.17) is 13.9 Å². The highest BCUT2D eigenvalue weighted by Crippen LogP contribution is 2.37. The minimum Gasteiger partial charge on any atom is -0.502 e. The van der Waals surface area contributed by atoms with Crippen molar-refractivity contribution < 1.29 is 19.0 Å². The van der Waals surface area contributed by atoms with Crippen LogP contribution in [-0.4, -0.2) is 19.3 Å². The van der Waals surface area contributed by atoms with Gasteiger partial charge in [-0.1, -0.05) is 12.1 Å². The Morgan fingerprint density at radius 1 is 1.00 bits per heavy atom. The third-order valence-electron chi connectivity index (χ3n) is 3.62. The van der Waals surface area contributed by atoms with Crippen LogP contribution in [0.1, 0.15) is 0 Å². The van der Waals surface area contributed by atoms with Crippen LogP contribution < -0.4 is 20.3 Å². The van der Waals surface area contributed by atoms with Crippen molar-refractivity contribution in [3.63, 3.8) is 0 Å². The highest BCUT2D eigenvalue weighted by molar-refractivity contribution is 5.82. The van der Waals surface area contributed by atoms with Gasteiger partial charge < -0.3 is 19.0 Å². The van der Waals surface area contributed by atoms with Gasteiger partial charge in [0.05, 0.1) is 25.2 Å². The van der Waals surface area contributed by atoms with E-state index in [0.29, 0.717) is 17.1 Å². The van der Waals surface area contributed by atoms with E-state index in [-0.39, 0.29) is 16.7 Å². The molecule has 0 atom stereocenters. The van der Waals surface area contributed by atoms with Crippen molar-refractivity contribution in [3.8, 4) is 28.6 Å². The van der Waals surface area contributed by atoms with E-state index in [9.17, 15) is 14.7 Å². The monoisotopic (exact) mass is 326 g/mol. The average Bonchev–Trinajstić information content (AvgIpc) is 2.79. The Labute approximate surface area is 136 Å². The van der Waals surface area contributed by atoms with Crippen LogP contribution in [0.3, 0.4) is 0 Å². The van der Waals surface area contributed by atoms with Gasteiger partial charge in [0.2, 0.25) is 16.6 Å². The van der Waals surface area contributed by atoms with Gasteiger partial charge in [-0.2, -0.15) is 0 Å². The van der Waals surface area contributed by atoms with Gasteiger partial charge in [0, 0.05) is 6.07 Å². The number of methoxy groups -OCH3 is 2. The first-order valence-corrected chi connectivity index (χ1v) is 7.08. The summed E-state index contributed by atoms with van der Waals surface area (Å²) >= 11 is 0. The summed E-state index contributed by atoms with van der Waals surface area (Å²) in [5.41, 5.74) is -0.936. The molecule has 0 aliphatic carbocycles. The van der Waals surface area contributed by atoms with E-state index in [2.05, 4.69) is 0 Å². The van der Waals surface area contributed by atoms with Gasteiger partial charge in [0.15, 0.2) is 11.3 Å². The van der Waals surface area contributed by atoms with Crippen molar-refractivity contribution >= 4 is 11.0 Å². The Morgan fingerprint density at radius 3 is 2.46 bits per heavy atom. The fraction of sp³-hybridized carbons (Fsp3) is 0.111. The number of hydrogen-bond acceptors (Lipinski definition) is 6. The third kappa shape index (κ3) is 2.48. The standard InChI is InChI=1S/C18H14O6/c1-22-10-7-8-11(14(9-10)23-2)18-16(21)15(20)12-5-3-4-6-13(19)17(12)24-18/h3-9,21H,1-2H3. The molecule has 0 bridgehead atoms. The van der Waals surface area contributed by atoms with Crippen LogP contribution in [0.5, 0.6) is 17.2 Å². The molecular formula is C18H14O6. The molecule has 122 valence electrons. The first-order chi connectivity index (χ1) is 11.6. The molecule has 2 aromatic carbocycles. The minimum atomic E-state index is -0.683. The van der Waals surface area contributed by atoms with Gasteiger partial charge in [-0.15, -0.1) is 0 Å². The molecule has 6 heteroatoms. The number of benzene rings is 1. The molecule has 3 rings (SSSR count). The molecule has 0 aliphatic rings. The molecule has 0 saturated carbocycles. The molecule has 0 amide bonds. The molecular weight excluding hydrogens is 312 g/mol. The zero-order chi connectivity index (χ0) is 17.3. The molecule has 0 aliphatic heterocycles. The first-order valence-electron chi connectivity index (χ1n) is 7.08. The maximum Gasteiger partial charge on any atom is 0.235 e. The second-order valence-electron chi connectivity index (χ2n) is 5.00. The van der Waals surface area contributed by atoms with Crippen molar-refractivity contribution in [2.45, 2.75) is 0 Å². The number of hydrogen-bond donors (Lipinski definition) is 1. The van der Waals surface area contributed by atoms with E-state index in [1.54, 1.807) is 18.2 Å². The van der Waals surface area contributed by atoms with Crippen LogP contribution in [0, 0.1) is 0 Å². The van der Waals surface area contributed by atoms with Gasteiger partial charge in [-0.25, -0.2) is 0 Å². The summed E-state index contributed by atoms with van der Waals surface area (Å²) in [6.45, 7) is 0. The Hall–Kier alpha value is -3.28. The highest BCUT2D eigenvalue weighted by Gasteiger charge is 2.19. The quantitative estimate of drug-likeness (QED) is 0.796. The second kappa shape index (κ2) is 6.08. The van der Waals surface area contributed by atoms with Crippen molar-refractivity contribution in [1.29, 1.82) is 0 Å². The molecule has 6 nitrogen and oxygen atoms in total. The average molecular weight is 326 g/mol. The van der Waals surface area contributed by atoms with Crippen molar-refractivity contribution in [1.82, 2.24) is 0 Å². The van der Waals surface area contributed by atoms with E-state index in [1.165, 1.54) is 38.5 Å². The molecule has 0 spiro atoms. The van der Waals surface area contributed by atoms with Crippen LogP contribution in [0.25, 0.3) is 22.3 Å². The maximum atomic E-state index is 12.4. The van der Waals surface area contributed by atoms with Crippen LogP contribution in [0.4, 0.5) is 0 Å². The number of ether oxygens (including phenoxy) is 2. The lowest BCUT2D eigenvalue weighted by molar-refractivity contribution is 0.393. The van der Waals surface area contributed by atoms with Crippen LogP contribution in [0.15, 0.2) is 56.5 Å². The summed E-state index contributed by atoms with van der Waals surface area (Å²) in [5.74, 6) is 0.154. The smallest absolute Gasteiger partial charge is 0.235 e. The summed E-state index contributed by atoms with van der Waals surface area (Å²) in [6, 6.07) is 10.5. The molecule has 0 unspecified atom stereocenters. The molecule has 1 aromatic heterocycles. The van der Waals surface area contributed by atoms with Crippen molar-refractivity contribution in [2.24, 2.45) is 0 Å². The predicted octanol–water partition coefficient (Wildman–Crippen LogP) is 2.54. The molecule has 0 radical (unpaired) electrons. The van der Waals surface area contributed by atoms with E-state index < -0.39 is 16.6 Å². The maximum absolute atomic E-state index is 12.4. The highest BCUT2D eigenvalue weighted by atomic mass is 16.5. The second-order valence-corrected chi connectivity index (χ2v) is 5.00. The summed E-state index contributed by atoms with van der Waals surface area (Å²) in [5, 5.41) is 10.3. The Bertz CT molecular complexity index is 1040. The Balaban J connectivity index is 2.40. The molecule has 24 heavy (non-hydrogen) atoms. The van der Waals surface area contributed by atoms with Crippen molar-refractivity contribution in [2.75, 3.05) is 14.2 Å². The zero-order valence-corrected chi connectivity index (χ0v) is 13.0. The molecule has 0 fully saturated rings. The predicted molar refractivity (Wildman–Crippen MR) is 89.0 cm³/mol. The third-order valence-corrected chi connectivity index (χ3v) is 3.62. The van der Waals surface area contributed by atoms with Gasteiger partial charge in [0.1, 0.15) is 11.5 Å². The van der Waals surface area contributed by atoms with E-state index >= 15 is 0 Å². The topological polar surface area (TPSA) is 86.0 Å². The zero-order valence-electron chi connectivity index (χ0n) is 13.0. The fourth-order valence-corrected chi connectivity index (χ4v) is 2.41. The summed E-state index contributed by atoms with van der Waals surface area (Å²) in [6.07, 6.45) is 0.